The Hall–Kier alpha value is -10.6. The van der Waals surface area contributed by atoms with Gasteiger partial charge in [0.1, 0.15) is 103 Å². The summed E-state index contributed by atoms with van der Waals surface area (Å²) in [4.78, 5) is 63.5. The average molecular weight is 2070 g/mol. The van der Waals surface area contributed by atoms with Crippen molar-refractivity contribution in [3.8, 4) is 51.7 Å². The number of ether oxygens (including phenoxy) is 13. The first-order chi connectivity index (χ1) is 65.8. The number of methoxy groups -OCH3 is 3. The number of phenols is 1. The summed E-state index contributed by atoms with van der Waals surface area (Å²) in [6, 6.07) is 45.4. The van der Waals surface area contributed by atoms with Gasteiger partial charge in [0.25, 0.3) is 0 Å². The first-order valence-electron chi connectivity index (χ1n) is 41.8. The highest BCUT2D eigenvalue weighted by Crippen LogP contribution is 2.37. The van der Waals surface area contributed by atoms with Crippen LogP contribution in [0.5, 0.6) is 51.7 Å². The van der Waals surface area contributed by atoms with Crippen LogP contribution < -0.4 is 37.9 Å². The number of rotatable bonds is 34. The van der Waals surface area contributed by atoms with Gasteiger partial charge < -0.3 is 71.8 Å². The Kier molecular flexibility index (Phi) is 60.6. The highest BCUT2D eigenvalue weighted by molar-refractivity contribution is 7.99. The van der Waals surface area contributed by atoms with Crippen molar-refractivity contribution < 1.29 is 171 Å². The van der Waals surface area contributed by atoms with Crippen molar-refractivity contribution >= 4 is 83.8 Å². The van der Waals surface area contributed by atoms with Crippen molar-refractivity contribution in [2.45, 2.75) is 155 Å². The van der Waals surface area contributed by atoms with E-state index in [1.54, 1.807) is 44.9 Å². The van der Waals surface area contributed by atoms with E-state index in [9.17, 15) is 75.8 Å². The third-order valence-corrected chi connectivity index (χ3v) is 21.6. The SMILES string of the molecule is C1CCOC1.CC(=O)COc1ccc(S)cc1C.CCCOc1ccc(SCC(COc2ccc(C(F)(F)F)cc2)OC)cc1C.CCCOc1ccc(SCC(O)COc2ccc(C(F)(F)F)cc2)cc1C.COc1ccc(SCC(COc2ccc(C(F)(F)F)cc2)OC)cc1C.ClCC1CO1.FC(F)(F)c1ccc(OCC2CO2)cc1.O=C=O.O=C=O.O=C=O.Oc1ccc(C(F)(F)F)cc1. The Morgan fingerprint density at radius 3 is 1.01 bits per heavy atom. The lowest BCUT2D eigenvalue weighted by molar-refractivity contribution is -0.193. The molecule has 3 heterocycles. The van der Waals surface area contributed by atoms with E-state index in [1.165, 1.54) is 80.1 Å². The molecule has 3 aliphatic rings. The minimum Gasteiger partial charge on any atom is -0.508 e. The minimum atomic E-state index is -4.37. The van der Waals surface area contributed by atoms with E-state index in [0.717, 1.165) is 170 Å². The number of aliphatic hydroxyl groups excluding tert-OH is 1. The van der Waals surface area contributed by atoms with E-state index in [4.69, 9.17) is 107 Å². The molecule has 764 valence electrons. The van der Waals surface area contributed by atoms with Crippen LogP contribution in [0.1, 0.15) is 96.5 Å². The molecule has 0 bridgehead atoms. The molecule has 0 aliphatic carbocycles. The number of aryl methyl sites for hydroxylation is 4. The number of carbonyl (C=O) groups excluding carboxylic acids is 7. The van der Waals surface area contributed by atoms with E-state index in [0.29, 0.717) is 78.7 Å². The summed E-state index contributed by atoms with van der Waals surface area (Å²) in [6.45, 7) is 19.5. The molecule has 0 saturated carbocycles. The normalized spacial score (nSPS) is 13.6. The predicted octanol–water partition coefficient (Wildman–Crippen LogP) is 23.3. The summed E-state index contributed by atoms with van der Waals surface area (Å²) in [5.74, 6) is 7.05. The zero-order valence-corrected chi connectivity index (χ0v) is 81.2. The molecule has 5 unspecified atom stereocenters. The second kappa shape index (κ2) is 67.7. The monoisotopic (exact) mass is 2070 g/mol. The second-order valence-electron chi connectivity index (χ2n) is 28.9. The zero-order chi connectivity index (χ0) is 104. The molecule has 42 heteroatoms. The van der Waals surface area contributed by atoms with Gasteiger partial charge in [-0.3, -0.25) is 4.79 Å². The largest absolute Gasteiger partial charge is 0.508 e. The Morgan fingerprint density at radius 2 is 0.734 bits per heavy atom. The van der Waals surface area contributed by atoms with Gasteiger partial charge in [-0.1, -0.05) is 13.8 Å². The Balaban J connectivity index is 0.000000554. The number of thioether (sulfide) groups is 3. The maximum absolute atomic E-state index is 12.6. The van der Waals surface area contributed by atoms with Crippen LogP contribution in [0, 0.1) is 27.7 Å². The Morgan fingerprint density at radius 1 is 0.432 bits per heavy atom. The van der Waals surface area contributed by atoms with Crippen LogP contribution in [0.25, 0.3) is 0 Å². The van der Waals surface area contributed by atoms with Gasteiger partial charge in [-0.15, -0.1) is 59.5 Å². The van der Waals surface area contributed by atoms with Crippen molar-refractivity contribution in [2.24, 2.45) is 0 Å². The number of benzene rings is 9. The predicted molar refractivity (Wildman–Crippen MR) is 492 cm³/mol. The van der Waals surface area contributed by atoms with Gasteiger partial charge in [-0.05, 0) is 277 Å². The highest BCUT2D eigenvalue weighted by atomic mass is 35.5. The summed E-state index contributed by atoms with van der Waals surface area (Å²) >= 11 is 14.2. The molecule has 0 radical (unpaired) electrons. The second-order valence-corrected chi connectivity index (χ2v) is 33.0. The number of alkyl halides is 16. The molecule has 3 aliphatic heterocycles. The third-order valence-electron chi connectivity index (χ3n) is 17.6. The maximum Gasteiger partial charge on any atom is 0.416 e. The standard InChI is InChI=1S/C21H25F3O3S.C20H23F3O3S.C19H21F3O3S.C10H9F3O2.C10H12O2S.C7H5F3O.C4H8O.C3H5ClO.3CO2/c1-4-11-26-20-10-9-19(12-15(20)2)28-14-18(25-3)13-27-17-7-5-16(6-8-17)21(22,23)24;1-3-10-25-19-9-8-18(11-14(19)2)27-13-16(24)12-26-17-6-4-15(5-7-17)20(21,22)23;1-13-10-17(8-9-18(13)24-3)26-12-16(23-2)11-25-15-6-4-14(5-7-15)19(20,21)22;11-10(12,13)7-1-3-8(4-2-7)14-5-9-6-15-9;1-7-5-9(13)3-4-10(7)12-6-8(2)11;8-7(9,10)5-1-3-6(11)4-2-5;1-2-4-5-3-1;4-1-3-2-5-3;3*2-1-3/h5-10,12,18H,4,11,13-14H2,1-3H3;4-9,11,16,24H,3,10,12-13H2,1-2H3;4-10,16H,11-12H2,1-3H3;1-4,9H,5-6H2;3-5,13H,6H2,1-2H3;1-4,11H;1-4H2;3H,1-2H2;;;. The van der Waals surface area contributed by atoms with E-state index >= 15 is 0 Å². The number of aliphatic hydroxyl groups is 1. The number of phenolic OH excluding ortho intramolecular Hbond substituents is 1. The van der Waals surface area contributed by atoms with Crippen molar-refractivity contribution in [1.82, 2.24) is 0 Å². The molecule has 0 spiro atoms. The van der Waals surface area contributed by atoms with Crippen molar-refractivity contribution in [3.63, 3.8) is 0 Å². The molecule has 0 aromatic heterocycles. The molecule has 139 heavy (non-hydrogen) atoms. The van der Waals surface area contributed by atoms with E-state index < -0.39 is 64.8 Å². The summed E-state index contributed by atoms with van der Waals surface area (Å²) in [5.41, 5.74) is 0.609. The first kappa shape index (κ1) is 124. The molecule has 12 rings (SSSR count). The van der Waals surface area contributed by atoms with Crippen LogP contribution in [-0.2, 0) is 88.1 Å². The van der Waals surface area contributed by atoms with Crippen LogP contribution in [-0.4, -0.2) is 182 Å². The number of hydrogen-bond acceptors (Lipinski definition) is 26. The molecule has 9 aromatic rings. The van der Waals surface area contributed by atoms with E-state index in [1.807, 2.05) is 101 Å². The van der Waals surface area contributed by atoms with Crippen LogP contribution in [0.2, 0.25) is 0 Å². The van der Waals surface area contributed by atoms with Gasteiger partial charge in [0.15, 0.2) is 5.78 Å². The molecule has 9 aromatic carbocycles. The van der Waals surface area contributed by atoms with Gasteiger partial charge in [0.05, 0.1) is 79.4 Å². The molecular weight excluding hydrogens is 1970 g/mol. The fraction of sp³-hybridized carbons (Fsp3) is 0.402. The summed E-state index contributed by atoms with van der Waals surface area (Å²) < 4.78 is 254. The number of aromatic hydroxyl groups is 1. The highest BCUT2D eigenvalue weighted by Gasteiger charge is 2.34. The Labute approximate surface area is 818 Å². The maximum atomic E-state index is 12.6. The number of epoxide rings is 2. The number of halogens is 16. The van der Waals surface area contributed by atoms with Gasteiger partial charge in [0.2, 0.25) is 0 Å². The minimum absolute atomic E-state index is 0.00897. The molecule has 22 nitrogen and oxygen atoms in total. The molecule has 0 amide bonds. The van der Waals surface area contributed by atoms with E-state index in [2.05, 4.69) is 25.6 Å². The smallest absolute Gasteiger partial charge is 0.416 e. The third kappa shape index (κ3) is 56.4. The van der Waals surface area contributed by atoms with Gasteiger partial charge in [0, 0.05) is 64.3 Å². The van der Waals surface area contributed by atoms with Gasteiger partial charge in [-0.2, -0.15) is 94.6 Å². The molecule has 3 saturated heterocycles. The zero-order valence-electron chi connectivity index (χ0n) is 77.1. The Bertz CT molecular complexity index is 4980. The lowest BCUT2D eigenvalue weighted by atomic mass is 10.2. The molecule has 3 fully saturated rings. The molecular formula is C97H108ClF15O22S4. The number of hydrogen-bond donors (Lipinski definition) is 3. The average Bonchev–Trinajstić information content (AvgIpc) is 1.85. The molecule has 5 atom stereocenters. The van der Waals surface area contributed by atoms with Crippen molar-refractivity contribution in [1.29, 1.82) is 0 Å². The van der Waals surface area contributed by atoms with Crippen molar-refractivity contribution in [2.75, 3.05) is 117 Å². The van der Waals surface area contributed by atoms with Crippen LogP contribution in [0.3, 0.4) is 0 Å². The number of ketones is 1. The van der Waals surface area contributed by atoms with Crippen LogP contribution in [0.15, 0.2) is 214 Å². The topological polar surface area (TPSA) is 287 Å². The summed E-state index contributed by atoms with van der Waals surface area (Å²) in [6.07, 6.45) is -17.1. The summed E-state index contributed by atoms with van der Waals surface area (Å²) in [5, 5.41) is 18.7. The number of Topliss-reactive ketones (excluding diaryl/α,β-unsaturated/α-hetero) is 1. The summed E-state index contributed by atoms with van der Waals surface area (Å²) in [7, 11) is 4.81. The molecule has 2 N–H and O–H groups in total. The lowest BCUT2D eigenvalue weighted by Crippen LogP contribution is -2.22. The van der Waals surface area contributed by atoms with Crippen LogP contribution in [0.4, 0.5) is 65.9 Å². The van der Waals surface area contributed by atoms with Gasteiger partial charge >= 0.3 is 49.3 Å². The first-order valence-corrected chi connectivity index (χ1v) is 45.8. The lowest BCUT2D eigenvalue weighted by Gasteiger charge is -2.17. The van der Waals surface area contributed by atoms with Crippen molar-refractivity contribution in [3.05, 3.63) is 244 Å². The number of thiol groups is 1. The van der Waals surface area contributed by atoms with Crippen LogP contribution >= 0.6 is 59.5 Å². The fourth-order valence-electron chi connectivity index (χ4n) is 10.3. The number of carbonyl (C=O) groups is 1. The van der Waals surface area contributed by atoms with E-state index in [-0.39, 0.29) is 74.7 Å². The quantitative estimate of drug-likeness (QED) is 0.0111. The van der Waals surface area contributed by atoms with Gasteiger partial charge in [-0.25, -0.2) is 0 Å². The fourth-order valence-corrected chi connectivity index (χ4v) is 13.7.